The third-order valence-corrected chi connectivity index (χ3v) is 3.04. The highest BCUT2D eigenvalue weighted by atomic mass is 32.2. The van der Waals surface area contributed by atoms with E-state index in [9.17, 15) is 10.1 Å². The Balaban J connectivity index is 2.50. The van der Waals surface area contributed by atoms with Crippen molar-refractivity contribution >= 4 is 17.4 Å². The zero-order valence-electron chi connectivity index (χ0n) is 9.47. The van der Waals surface area contributed by atoms with Crippen LogP contribution in [0.3, 0.4) is 0 Å². The lowest BCUT2D eigenvalue weighted by Crippen LogP contribution is -2.24. The molecule has 1 aromatic carbocycles. The van der Waals surface area contributed by atoms with Gasteiger partial charge in [0.05, 0.1) is 9.82 Å². The van der Waals surface area contributed by atoms with Gasteiger partial charge in [-0.1, -0.05) is 26.0 Å². The van der Waals surface area contributed by atoms with Gasteiger partial charge in [-0.15, -0.1) is 11.8 Å². The molecule has 5 heteroatoms. The van der Waals surface area contributed by atoms with E-state index in [-0.39, 0.29) is 10.6 Å². The van der Waals surface area contributed by atoms with Crippen molar-refractivity contribution in [3.8, 4) is 0 Å². The van der Waals surface area contributed by atoms with Crippen molar-refractivity contribution in [2.24, 2.45) is 0 Å². The summed E-state index contributed by atoms with van der Waals surface area (Å²) in [6, 6.07) is 7.29. The highest BCUT2D eigenvalue weighted by Gasteiger charge is 2.11. The Morgan fingerprint density at radius 1 is 1.44 bits per heavy atom. The molecule has 1 rings (SSSR count). The van der Waals surface area contributed by atoms with Gasteiger partial charge in [0.2, 0.25) is 0 Å². The number of hydrogen-bond donors (Lipinski definition) is 1. The first-order chi connectivity index (χ1) is 7.61. The van der Waals surface area contributed by atoms with Gasteiger partial charge in [-0.05, 0) is 6.07 Å². The molecule has 0 atom stereocenters. The molecule has 0 spiro atoms. The third-order valence-electron chi connectivity index (χ3n) is 1.97. The lowest BCUT2D eigenvalue weighted by Gasteiger charge is -2.07. The van der Waals surface area contributed by atoms with Crippen LogP contribution in [0.1, 0.15) is 13.8 Å². The molecule has 0 aliphatic carbocycles. The first-order valence-corrected chi connectivity index (χ1v) is 6.19. The summed E-state index contributed by atoms with van der Waals surface area (Å²) in [6.45, 7) is 5.01. The summed E-state index contributed by atoms with van der Waals surface area (Å²) in [5.74, 6) is 0.836. The Kier molecular flexibility index (Phi) is 5.28. The van der Waals surface area contributed by atoms with Crippen molar-refractivity contribution in [2.75, 3.05) is 12.3 Å². The Morgan fingerprint density at radius 3 is 2.75 bits per heavy atom. The monoisotopic (exact) mass is 240 g/mol. The highest BCUT2D eigenvalue weighted by molar-refractivity contribution is 7.99. The fourth-order valence-electron chi connectivity index (χ4n) is 1.24. The van der Waals surface area contributed by atoms with Crippen molar-refractivity contribution < 1.29 is 4.92 Å². The summed E-state index contributed by atoms with van der Waals surface area (Å²) < 4.78 is 0. The van der Waals surface area contributed by atoms with Crippen molar-refractivity contribution in [1.82, 2.24) is 5.32 Å². The summed E-state index contributed by atoms with van der Waals surface area (Å²) in [6.07, 6.45) is 0. The van der Waals surface area contributed by atoms with E-state index in [1.54, 1.807) is 12.1 Å². The number of nitro groups is 1. The predicted octanol–water partition coefficient (Wildman–Crippen LogP) is 2.68. The minimum atomic E-state index is -0.335. The van der Waals surface area contributed by atoms with E-state index < -0.39 is 0 Å². The summed E-state index contributed by atoms with van der Waals surface area (Å²) in [5.41, 5.74) is 0.192. The molecule has 88 valence electrons. The first kappa shape index (κ1) is 13.0. The number of para-hydroxylation sites is 1. The molecule has 0 saturated carbocycles. The van der Waals surface area contributed by atoms with Gasteiger partial charge < -0.3 is 5.32 Å². The van der Waals surface area contributed by atoms with Gasteiger partial charge >= 0.3 is 0 Å². The first-order valence-electron chi connectivity index (χ1n) is 5.21. The van der Waals surface area contributed by atoms with E-state index in [0.717, 1.165) is 17.2 Å². The molecule has 0 radical (unpaired) electrons. The van der Waals surface area contributed by atoms with E-state index in [1.807, 2.05) is 6.07 Å². The largest absolute Gasteiger partial charge is 0.314 e. The molecule has 0 aliphatic rings. The molecule has 0 aliphatic heterocycles. The summed E-state index contributed by atoms with van der Waals surface area (Å²) in [4.78, 5) is 11.1. The van der Waals surface area contributed by atoms with E-state index in [0.29, 0.717) is 6.04 Å². The molecule has 0 unspecified atom stereocenters. The maximum absolute atomic E-state index is 10.7. The number of nitro benzene ring substituents is 1. The molecule has 0 amide bonds. The summed E-state index contributed by atoms with van der Waals surface area (Å²) >= 11 is 1.51. The Morgan fingerprint density at radius 2 is 2.12 bits per heavy atom. The molecule has 1 aromatic rings. The standard InChI is InChI=1S/C11H16N2O2S/c1-9(2)12-7-8-16-11-6-4-3-5-10(11)13(14)15/h3-6,9,12H,7-8H2,1-2H3. The molecule has 0 aromatic heterocycles. The van der Waals surface area contributed by atoms with Gasteiger partial charge in [-0.2, -0.15) is 0 Å². The topological polar surface area (TPSA) is 55.2 Å². The van der Waals surface area contributed by atoms with E-state index >= 15 is 0 Å². The number of rotatable bonds is 6. The average molecular weight is 240 g/mol. The summed E-state index contributed by atoms with van der Waals surface area (Å²) in [5, 5.41) is 14.0. The molecule has 0 bridgehead atoms. The second-order valence-electron chi connectivity index (χ2n) is 3.68. The number of benzene rings is 1. The SMILES string of the molecule is CC(C)NCCSc1ccccc1[N+](=O)[O-]. The number of nitrogens with one attached hydrogen (secondary N) is 1. The van der Waals surface area contributed by atoms with Crippen molar-refractivity contribution in [1.29, 1.82) is 0 Å². The Bertz CT molecular complexity index is 356. The number of nitrogens with zero attached hydrogens (tertiary/aromatic N) is 1. The number of hydrogen-bond acceptors (Lipinski definition) is 4. The predicted molar refractivity (Wildman–Crippen MR) is 67.0 cm³/mol. The van der Waals surface area contributed by atoms with E-state index in [2.05, 4.69) is 19.2 Å². The zero-order valence-corrected chi connectivity index (χ0v) is 10.3. The third kappa shape index (κ3) is 4.20. The van der Waals surface area contributed by atoms with Gasteiger partial charge in [0.1, 0.15) is 0 Å². The van der Waals surface area contributed by atoms with Crippen molar-refractivity contribution in [2.45, 2.75) is 24.8 Å². The fourth-order valence-corrected chi connectivity index (χ4v) is 2.14. The normalized spacial score (nSPS) is 10.7. The van der Waals surface area contributed by atoms with Crippen LogP contribution in [0.25, 0.3) is 0 Å². The van der Waals surface area contributed by atoms with Gasteiger partial charge in [-0.25, -0.2) is 0 Å². The van der Waals surface area contributed by atoms with Crippen LogP contribution in [0.2, 0.25) is 0 Å². The minimum Gasteiger partial charge on any atom is -0.314 e. The van der Waals surface area contributed by atoms with Crippen LogP contribution in [0.15, 0.2) is 29.2 Å². The van der Waals surface area contributed by atoms with Crippen molar-refractivity contribution in [3.63, 3.8) is 0 Å². The lowest BCUT2D eigenvalue weighted by atomic mass is 10.3. The molecule has 4 nitrogen and oxygen atoms in total. The van der Waals surface area contributed by atoms with E-state index in [4.69, 9.17) is 0 Å². The molecule has 0 fully saturated rings. The van der Waals surface area contributed by atoms with E-state index in [1.165, 1.54) is 17.8 Å². The van der Waals surface area contributed by atoms with Crippen LogP contribution in [-0.2, 0) is 0 Å². The van der Waals surface area contributed by atoms with Gasteiger partial charge in [0, 0.05) is 24.4 Å². The Hall–Kier alpha value is -1.07. The quantitative estimate of drug-likeness (QED) is 0.359. The zero-order chi connectivity index (χ0) is 12.0. The van der Waals surface area contributed by atoms with Crippen LogP contribution in [-0.4, -0.2) is 23.3 Å². The molecule has 0 heterocycles. The van der Waals surface area contributed by atoms with Gasteiger partial charge in [-0.3, -0.25) is 10.1 Å². The highest BCUT2D eigenvalue weighted by Crippen LogP contribution is 2.27. The maximum Gasteiger partial charge on any atom is 0.282 e. The van der Waals surface area contributed by atoms with Crippen molar-refractivity contribution in [3.05, 3.63) is 34.4 Å². The minimum absolute atomic E-state index is 0.192. The summed E-state index contributed by atoms with van der Waals surface area (Å²) in [7, 11) is 0. The van der Waals surface area contributed by atoms with Crippen LogP contribution < -0.4 is 5.32 Å². The van der Waals surface area contributed by atoms with Gasteiger partial charge in [0.15, 0.2) is 0 Å². The maximum atomic E-state index is 10.7. The smallest absolute Gasteiger partial charge is 0.282 e. The molecule has 16 heavy (non-hydrogen) atoms. The van der Waals surface area contributed by atoms with Crippen LogP contribution in [0, 0.1) is 10.1 Å². The molecule has 0 saturated heterocycles. The van der Waals surface area contributed by atoms with Crippen LogP contribution >= 0.6 is 11.8 Å². The fraction of sp³-hybridized carbons (Fsp3) is 0.455. The second-order valence-corrected chi connectivity index (χ2v) is 4.82. The molecule has 1 N–H and O–H groups in total. The molecular weight excluding hydrogens is 224 g/mol. The number of thioether (sulfide) groups is 1. The lowest BCUT2D eigenvalue weighted by molar-refractivity contribution is -0.387. The Labute approximate surface area is 99.6 Å². The van der Waals surface area contributed by atoms with Crippen LogP contribution in [0.4, 0.5) is 5.69 Å². The average Bonchev–Trinajstić information content (AvgIpc) is 2.24. The van der Waals surface area contributed by atoms with Crippen LogP contribution in [0.5, 0.6) is 0 Å². The molecular formula is C11H16N2O2S. The van der Waals surface area contributed by atoms with Gasteiger partial charge in [0.25, 0.3) is 5.69 Å². The second kappa shape index (κ2) is 6.50.